The second-order valence-electron chi connectivity index (χ2n) is 17.0. The van der Waals surface area contributed by atoms with Crippen LogP contribution in [0.1, 0.15) is 95.0 Å². The number of halogens is 3. The number of nitrogens with one attached hydrogen (secondary N) is 1. The van der Waals surface area contributed by atoms with Crippen LogP contribution in [0.4, 0.5) is 18.9 Å². The number of alkyl halides is 3. The van der Waals surface area contributed by atoms with E-state index in [-0.39, 0.29) is 22.8 Å². The van der Waals surface area contributed by atoms with E-state index in [0.29, 0.717) is 46.6 Å². The number of nitrogens with zero attached hydrogens (tertiary/aromatic N) is 3. The SMILES string of the molecule is CCN(CC)c1ccc2c(-c3ccc(S(=O)(=O)NCCCCCC4CCN(CCCC(=O)c5ccccc5C)CC4)cc3S(=O)(=O)[O-])c3ccc(=[N+](CC)CC)cc-3oc2c1.O=C(O)C(F)(F)F. The van der Waals surface area contributed by atoms with Gasteiger partial charge in [0, 0.05) is 71.5 Å². The van der Waals surface area contributed by atoms with Crippen LogP contribution in [0.3, 0.4) is 0 Å². The van der Waals surface area contributed by atoms with E-state index in [1.807, 2.05) is 67.6 Å². The molecule has 3 aliphatic rings. The molecule has 0 aromatic heterocycles. The molecular formula is C50H63F3N4O9S2. The van der Waals surface area contributed by atoms with E-state index < -0.39 is 37.2 Å². The molecule has 1 fully saturated rings. The van der Waals surface area contributed by atoms with E-state index in [0.717, 1.165) is 113 Å². The van der Waals surface area contributed by atoms with E-state index in [2.05, 4.69) is 46.8 Å². The number of sulfonamides is 1. The Hall–Kier alpha value is -5.14. The molecule has 18 heteroatoms. The van der Waals surface area contributed by atoms with Crippen molar-refractivity contribution in [1.29, 1.82) is 0 Å². The number of carbonyl (C=O) groups is 2. The minimum atomic E-state index is -5.13. The quantitative estimate of drug-likeness (QED) is 0.0250. The molecule has 2 N–H and O–H groups in total. The number of Topliss-reactive ketones (excluding diaryl/α,β-unsaturated/α-hetero) is 1. The highest BCUT2D eigenvalue weighted by Gasteiger charge is 2.38. The van der Waals surface area contributed by atoms with E-state index >= 15 is 0 Å². The van der Waals surface area contributed by atoms with Crippen molar-refractivity contribution in [1.82, 2.24) is 14.2 Å². The molecule has 1 saturated heterocycles. The van der Waals surface area contributed by atoms with Gasteiger partial charge in [0.2, 0.25) is 15.4 Å². The molecule has 6 rings (SSSR count). The molecule has 0 amide bonds. The maximum Gasteiger partial charge on any atom is 0.490 e. The van der Waals surface area contributed by atoms with Crippen molar-refractivity contribution < 1.29 is 53.7 Å². The van der Waals surface area contributed by atoms with Gasteiger partial charge in [-0.2, -0.15) is 13.2 Å². The van der Waals surface area contributed by atoms with Gasteiger partial charge >= 0.3 is 12.1 Å². The Morgan fingerprint density at radius 3 is 2.15 bits per heavy atom. The Bertz CT molecular complexity index is 2790. The highest BCUT2D eigenvalue weighted by molar-refractivity contribution is 7.89. The van der Waals surface area contributed by atoms with Crippen molar-refractivity contribution in [3.63, 3.8) is 0 Å². The van der Waals surface area contributed by atoms with E-state index in [9.17, 15) is 39.4 Å². The molecule has 0 spiro atoms. The van der Waals surface area contributed by atoms with Gasteiger partial charge in [-0.25, -0.2) is 30.9 Å². The summed E-state index contributed by atoms with van der Waals surface area (Å²) in [6.45, 7) is 16.5. The lowest BCUT2D eigenvalue weighted by Crippen LogP contribution is -2.34. The number of carboxylic acid groups (broad SMARTS) is 1. The highest BCUT2D eigenvalue weighted by Crippen LogP contribution is 2.43. The van der Waals surface area contributed by atoms with Gasteiger partial charge in [0.25, 0.3) is 0 Å². The van der Waals surface area contributed by atoms with Crippen LogP contribution >= 0.6 is 0 Å². The number of fused-ring (bicyclic) bond motifs is 2. The van der Waals surface area contributed by atoms with Gasteiger partial charge in [-0.05, 0) is 122 Å². The van der Waals surface area contributed by atoms with E-state index in [1.54, 1.807) is 0 Å². The third-order valence-corrected chi connectivity index (χ3v) is 14.9. The summed E-state index contributed by atoms with van der Waals surface area (Å²) in [6.07, 6.45) is 2.15. The summed E-state index contributed by atoms with van der Waals surface area (Å²) in [5.74, 6) is -1.40. The second kappa shape index (κ2) is 23.9. The normalized spacial score (nSPS) is 13.9. The third-order valence-electron chi connectivity index (χ3n) is 12.6. The zero-order chi connectivity index (χ0) is 49.8. The lowest BCUT2D eigenvalue weighted by molar-refractivity contribution is -0.192. The number of unbranched alkanes of at least 4 members (excludes halogenated alkanes) is 2. The van der Waals surface area contributed by atoms with Crippen LogP contribution in [0.25, 0.3) is 33.4 Å². The number of hydrogen-bond acceptors (Lipinski definition) is 10. The largest absolute Gasteiger partial charge is 0.744 e. The summed E-state index contributed by atoms with van der Waals surface area (Å²) in [7, 11) is -9.26. The topological polar surface area (TPSA) is 180 Å². The Labute approximate surface area is 397 Å². The Kier molecular flexibility index (Phi) is 18.9. The number of ketones is 1. The van der Waals surface area contributed by atoms with Gasteiger partial charge in [0.1, 0.15) is 34.6 Å². The number of rotatable bonds is 20. The summed E-state index contributed by atoms with van der Waals surface area (Å²) < 4.78 is 109. The second-order valence-corrected chi connectivity index (χ2v) is 20.1. The van der Waals surface area contributed by atoms with Crippen LogP contribution in [-0.2, 0) is 24.9 Å². The maximum atomic E-state index is 13.6. The number of aryl methyl sites for hydroxylation is 1. The molecule has 0 atom stereocenters. The number of carboxylic acids is 1. The van der Waals surface area contributed by atoms with Gasteiger partial charge < -0.3 is 23.9 Å². The molecule has 0 saturated carbocycles. The van der Waals surface area contributed by atoms with Crippen molar-refractivity contribution in [2.24, 2.45) is 5.92 Å². The molecule has 3 aromatic carbocycles. The summed E-state index contributed by atoms with van der Waals surface area (Å²) in [5.41, 5.74) is 4.51. The number of piperidine rings is 1. The monoisotopic (exact) mass is 984 g/mol. The Morgan fingerprint density at radius 2 is 1.53 bits per heavy atom. The van der Waals surface area contributed by atoms with Crippen molar-refractivity contribution >= 4 is 48.6 Å². The number of likely N-dealkylation sites (tertiary alicyclic amines) is 1. The average Bonchev–Trinajstić information content (AvgIpc) is 3.30. The lowest BCUT2D eigenvalue weighted by atomic mass is 9.91. The minimum Gasteiger partial charge on any atom is -0.744 e. The summed E-state index contributed by atoms with van der Waals surface area (Å²) in [4.78, 5) is 25.3. The molecule has 0 unspecified atom stereocenters. The predicted molar refractivity (Wildman–Crippen MR) is 257 cm³/mol. The summed E-state index contributed by atoms with van der Waals surface area (Å²) in [5, 5.41) is 8.66. The first-order valence-electron chi connectivity index (χ1n) is 23.3. The van der Waals surface area contributed by atoms with E-state index in [4.69, 9.17) is 14.3 Å². The first kappa shape index (κ1) is 53.8. The fourth-order valence-corrected chi connectivity index (χ4v) is 10.7. The van der Waals surface area contributed by atoms with Crippen LogP contribution in [0.2, 0.25) is 0 Å². The molecule has 0 bridgehead atoms. The van der Waals surface area contributed by atoms with Crippen LogP contribution in [0.5, 0.6) is 0 Å². The Balaban J connectivity index is 0.00000114. The standard InChI is InChI=1S/C48H62N4O7S2.C2HF3O2/c1-6-51(7-2)37-20-23-41-45(32-37)59-46-33-38(52(8-3)9-4)21-24-42(46)48(41)43-25-22-39(34-47(43)61(56,57)58)60(54,55)49-28-14-10-11-17-36-26-30-50(31-27-36)29-15-19-44(53)40-18-13-12-16-35(40)5;3-2(4,5)1(6)7/h12-13,16,18,20-25,32-34,36,49H,6-11,14-15,17,19,26-31H2,1-5H3;(H,6,7). The van der Waals surface area contributed by atoms with Crippen LogP contribution in [0.15, 0.2) is 93.1 Å². The molecule has 68 heavy (non-hydrogen) atoms. The third kappa shape index (κ3) is 14.0. The number of benzene rings is 4. The predicted octanol–water partition coefficient (Wildman–Crippen LogP) is 8.92. The number of anilines is 1. The van der Waals surface area contributed by atoms with Gasteiger partial charge in [0.05, 0.1) is 15.9 Å². The first-order valence-corrected chi connectivity index (χ1v) is 26.2. The van der Waals surface area contributed by atoms with E-state index in [1.165, 1.54) is 12.1 Å². The molecule has 370 valence electrons. The molecule has 1 aliphatic carbocycles. The minimum absolute atomic E-state index is 0.116. The maximum absolute atomic E-state index is 13.6. The molecular weight excluding hydrogens is 922 g/mol. The van der Waals surface area contributed by atoms with Gasteiger partial charge in [-0.15, -0.1) is 0 Å². The van der Waals surface area contributed by atoms with Crippen molar-refractivity contribution in [3.05, 3.63) is 95.3 Å². The Morgan fingerprint density at radius 1 is 0.868 bits per heavy atom. The molecule has 13 nitrogen and oxygen atoms in total. The zero-order valence-corrected chi connectivity index (χ0v) is 41.0. The van der Waals surface area contributed by atoms with Crippen molar-refractivity contribution in [2.45, 2.75) is 102 Å². The smallest absolute Gasteiger partial charge is 0.490 e. The van der Waals surface area contributed by atoms with Gasteiger partial charge in [0.15, 0.2) is 5.78 Å². The fraction of sp³-hybridized carbons (Fsp3) is 0.460. The van der Waals surface area contributed by atoms with Crippen LogP contribution < -0.4 is 19.6 Å². The van der Waals surface area contributed by atoms with Crippen molar-refractivity contribution in [2.75, 3.05) is 57.3 Å². The number of aliphatic carboxylic acids is 1. The fourth-order valence-electron chi connectivity index (χ4n) is 8.82. The van der Waals surface area contributed by atoms with Crippen LogP contribution in [-0.4, -0.2) is 102 Å². The highest BCUT2D eigenvalue weighted by atomic mass is 32.2. The molecule has 2 aliphatic heterocycles. The van der Waals surface area contributed by atoms with Gasteiger partial charge in [-0.1, -0.05) is 49.6 Å². The van der Waals surface area contributed by atoms with Crippen LogP contribution in [0, 0.1) is 12.8 Å². The lowest BCUT2D eigenvalue weighted by Gasteiger charge is -2.32. The van der Waals surface area contributed by atoms with Crippen molar-refractivity contribution in [3.8, 4) is 22.5 Å². The summed E-state index contributed by atoms with van der Waals surface area (Å²) in [6, 6.07) is 23.0. The number of carbonyl (C=O) groups excluding carboxylic acids is 1. The molecule has 2 heterocycles. The molecule has 3 aromatic rings. The first-order chi connectivity index (χ1) is 32.2. The average molecular weight is 985 g/mol. The molecule has 0 radical (unpaired) electrons. The zero-order valence-electron chi connectivity index (χ0n) is 39.4. The summed E-state index contributed by atoms with van der Waals surface area (Å²) >= 11 is 0. The van der Waals surface area contributed by atoms with Gasteiger partial charge in [-0.3, -0.25) is 4.79 Å². The number of hydrogen-bond donors (Lipinski definition) is 2.